The minimum atomic E-state index is -0.316. The molecule has 21 heavy (non-hydrogen) atoms. The van der Waals surface area contributed by atoms with Gasteiger partial charge < -0.3 is 14.6 Å². The number of hydrogen-bond donors (Lipinski definition) is 1. The molecule has 2 rings (SSSR count). The minimum Gasteiger partial charge on any atom is -0.465 e. The molecule has 5 nitrogen and oxygen atoms in total. The van der Waals surface area contributed by atoms with Crippen LogP contribution in [0.1, 0.15) is 50.8 Å². The topological polar surface area (TPSA) is 56.2 Å². The quantitative estimate of drug-likeness (QED) is 0.815. The van der Waals surface area contributed by atoms with Gasteiger partial charge in [0.15, 0.2) is 0 Å². The van der Waals surface area contributed by atoms with Gasteiger partial charge in [0, 0.05) is 11.7 Å². The molecule has 0 fully saturated rings. The van der Waals surface area contributed by atoms with Crippen LogP contribution in [0.25, 0.3) is 0 Å². The van der Waals surface area contributed by atoms with E-state index in [1.807, 2.05) is 27.7 Å². The summed E-state index contributed by atoms with van der Waals surface area (Å²) < 4.78 is 7.40. The molecule has 0 aromatic carbocycles. The second kappa shape index (κ2) is 7.07. The number of ether oxygens (including phenoxy) is 1. The maximum absolute atomic E-state index is 12.2. The van der Waals surface area contributed by atoms with E-state index in [9.17, 15) is 4.79 Å². The van der Waals surface area contributed by atoms with Gasteiger partial charge in [0.05, 0.1) is 18.8 Å². The molecule has 0 amide bonds. The highest BCUT2D eigenvalue weighted by atomic mass is 16.5. The van der Waals surface area contributed by atoms with Crippen LogP contribution in [0.15, 0.2) is 0 Å². The van der Waals surface area contributed by atoms with Crippen molar-refractivity contribution in [2.24, 2.45) is 0 Å². The second-order valence-corrected chi connectivity index (χ2v) is 6.00. The number of fused-ring (bicyclic) bond motifs is 1. The van der Waals surface area contributed by atoms with Gasteiger partial charge in [0.2, 0.25) is 0 Å². The van der Waals surface area contributed by atoms with E-state index in [0.717, 1.165) is 18.7 Å². The smallest absolute Gasteiger partial charge is 0.324 e. The summed E-state index contributed by atoms with van der Waals surface area (Å²) in [5.41, 5.74) is 2.52. The minimum absolute atomic E-state index is 0.177. The van der Waals surface area contributed by atoms with E-state index in [4.69, 9.17) is 4.74 Å². The normalized spacial score (nSPS) is 15.9. The van der Waals surface area contributed by atoms with Crippen LogP contribution in [0.2, 0.25) is 0 Å². The first-order valence-corrected chi connectivity index (χ1v) is 8.00. The van der Waals surface area contributed by atoms with Crippen LogP contribution < -0.4 is 5.32 Å². The summed E-state index contributed by atoms with van der Waals surface area (Å²) in [6.45, 7) is 8.97. The average molecular weight is 293 g/mol. The van der Waals surface area contributed by atoms with Gasteiger partial charge in [0.25, 0.3) is 0 Å². The van der Waals surface area contributed by atoms with E-state index in [1.165, 1.54) is 24.2 Å². The van der Waals surface area contributed by atoms with Crippen molar-refractivity contribution in [3.05, 3.63) is 17.2 Å². The summed E-state index contributed by atoms with van der Waals surface area (Å²) in [5, 5.41) is 3.31. The summed E-state index contributed by atoms with van der Waals surface area (Å²) in [6.07, 6.45) is 4.55. The molecular weight excluding hydrogens is 266 g/mol. The largest absolute Gasteiger partial charge is 0.465 e. The molecule has 1 aliphatic carbocycles. The fourth-order valence-electron chi connectivity index (χ4n) is 3.00. The molecule has 0 aliphatic heterocycles. The number of esters is 1. The number of carbonyl (C=O) groups excluding carboxylic acids is 1. The number of carbonyl (C=O) groups is 1. The number of hydrogen-bond acceptors (Lipinski definition) is 4. The van der Waals surface area contributed by atoms with Gasteiger partial charge in [-0.25, -0.2) is 4.98 Å². The summed E-state index contributed by atoms with van der Waals surface area (Å²) in [5.74, 6) is 0.825. The standard InChI is InChI=1S/C16H27N3O2/c1-5-21-16(20)14(17-11(2)3)10-19-12(4)18-13-8-6-7-9-15(13)19/h11,14,17H,5-10H2,1-4H3. The number of aryl methyl sites for hydroxylation is 2. The molecule has 1 N–H and O–H groups in total. The monoisotopic (exact) mass is 293 g/mol. The molecule has 1 aliphatic rings. The van der Waals surface area contributed by atoms with Gasteiger partial charge in [0.1, 0.15) is 11.9 Å². The Morgan fingerprint density at radius 1 is 1.38 bits per heavy atom. The lowest BCUT2D eigenvalue weighted by Crippen LogP contribution is -2.45. The first kappa shape index (κ1) is 16.0. The number of imidazole rings is 1. The van der Waals surface area contributed by atoms with Crippen LogP contribution in [-0.4, -0.2) is 34.2 Å². The van der Waals surface area contributed by atoms with Crippen LogP contribution >= 0.6 is 0 Å². The van der Waals surface area contributed by atoms with Gasteiger partial charge in [-0.15, -0.1) is 0 Å². The molecule has 0 radical (unpaired) electrons. The molecule has 1 unspecified atom stereocenters. The van der Waals surface area contributed by atoms with Crippen molar-refractivity contribution in [3.8, 4) is 0 Å². The highest BCUT2D eigenvalue weighted by Gasteiger charge is 2.25. The Morgan fingerprint density at radius 3 is 2.76 bits per heavy atom. The fraction of sp³-hybridized carbons (Fsp3) is 0.750. The Bertz CT molecular complexity index is 494. The van der Waals surface area contributed by atoms with Gasteiger partial charge in [-0.2, -0.15) is 0 Å². The molecule has 0 saturated carbocycles. The number of nitrogens with zero attached hydrogens (tertiary/aromatic N) is 2. The van der Waals surface area contributed by atoms with E-state index < -0.39 is 0 Å². The average Bonchev–Trinajstić information content (AvgIpc) is 2.74. The van der Waals surface area contributed by atoms with Gasteiger partial charge in [-0.1, -0.05) is 13.8 Å². The van der Waals surface area contributed by atoms with Crippen molar-refractivity contribution in [1.82, 2.24) is 14.9 Å². The van der Waals surface area contributed by atoms with Crippen molar-refractivity contribution in [2.75, 3.05) is 6.61 Å². The molecule has 0 spiro atoms. The SMILES string of the molecule is CCOC(=O)C(Cn1c(C)nc2c1CCCC2)NC(C)C. The van der Waals surface area contributed by atoms with Gasteiger partial charge >= 0.3 is 5.97 Å². The summed E-state index contributed by atoms with van der Waals surface area (Å²) >= 11 is 0. The van der Waals surface area contributed by atoms with Crippen molar-refractivity contribution < 1.29 is 9.53 Å². The predicted molar refractivity (Wildman–Crippen MR) is 82.3 cm³/mol. The van der Waals surface area contributed by atoms with E-state index in [-0.39, 0.29) is 18.1 Å². The molecule has 1 aromatic heterocycles. The molecule has 118 valence electrons. The first-order valence-electron chi connectivity index (χ1n) is 8.00. The van der Waals surface area contributed by atoms with E-state index >= 15 is 0 Å². The highest BCUT2D eigenvalue weighted by Crippen LogP contribution is 2.22. The molecular formula is C16H27N3O2. The lowest BCUT2D eigenvalue weighted by molar-refractivity contribution is -0.146. The summed E-state index contributed by atoms with van der Waals surface area (Å²) in [7, 11) is 0. The Hall–Kier alpha value is -1.36. The number of aromatic nitrogens is 2. The van der Waals surface area contributed by atoms with Gasteiger partial charge in [-0.3, -0.25) is 4.79 Å². The van der Waals surface area contributed by atoms with Crippen molar-refractivity contribution >= 4 is 5.97 Å². The van der Waals surface area contributed by atoms with Gasteiger partial charge in [-0.05, 0) is 39.5 Å². The Balaban J connectivity index is 2.19. The van der Waals surface area contributed by atoms with Crippen LogP contribution in [0, 0.1) is 6.92 Å². The van der Waals surface area contributed by atoms with Crippen molar-refractivity contribution in [2.45, 2.75) is 72.0 Å². The lowest BCUT2D eigenvalue weighted by atomic mass is 10.0. The van der Waals surface area contributed by atoms with E-state index in [0.29, 0.717) is 13.2 Å². The summed E-state index contributed by atoms with van der Waals surface area (Å²) in [6, 6.07) is -0.0806. The van der Waals surface area contributed by atoms with Crippen LogP contribution in [0.3, 0.4) is 0 Å². The molecule has 0 bridgehead atoms. The maximum Gasteiger partial charge on any atom is 0.324 e. The van der Waals surface area contributed by atoms with Crippen LogP contribution in [0.4, 0.5) is 0 Å². The zero-order valence-electron chi connectivity index (χ0n) is 13.6. The second-order valence-electron chi connectivity index (χ2n) is 6.00. The van der Waals surface area contributed by atoms with Crippen LogP contribution in [-0.2, 0) is 28.9 Å². The molecule has 1 aromatic rings. The maximum atomic E-state index is 12.2. The van der Waals surface area contributed by atoms with E-state index in [2.05, 4.69) is 14.9 Å². The number of nitrogens with one attached hydrogen (secondary N) is 1. The highest BCUT2D eigenvalue weighted by molar-refractivity contribution is 5.75. The molecule has 1 atom stereocenters. The Morgan fingerprint density at radius 2 is 2.10 bits per heavy atom. The summed E-state index contributed by atoms with van der Waals surface area (Å²) in [4.78, 5) is 16.8. The Kier molecular flexibility index (Phi) is 5.39. The zero-order valence-corrected chi connectivity index (χ0v) is 13.6. The van der Waals surface area contributed by atoms with Crippen LogP contribution in [0.5, 0.6) is 0 Å². The first-order chi connectivity index (χ1) is 10.0. The number of rotatable bonds is 6. The third-order valence-corrected chi connectivity index (χ3v) is 3.89. The molecule has 1 heterocycles. The molecule has 0 saturated heterocycles. The fourth-order valence-corrected chi connectivity index (χ4v) is 3.00. The van der Waals surface area contributed by atoms with E-state index in [1.54, 1.807) is 0 Å². The molecule has 5 heteroatoms. The Labute approximate surface area is 127 Å². The lowest BCUT2D eigenvalue weighted by Gasteiger charge is -2.23. The van der Waals surface area contributed by atoms with Crippen molar-refractivity contribution in [1.29, 1.82) is 0 Å². The third kappa shape index (κ3) is 3.84. The third-order valence-electron chi connectivity index (χ3n) is 3.89. The van der Waals surface area contributed by atoms with Crippen molar-refractivity contribution in [3.63, 3.8) is 0 Å². The predicted octanol–water partition coefficient (Wildman–Crippen LogP) is 2.00. The zero-order chi connectivity index (χ0) is 15.4.